The van der Waals surface area contributed by atoms with Gasteiger partial charge in [0.15, 0.2) is 0 Å². The lowest BCUT2D eigenvalue weighted by atomic mass is 10.2. The number of carbonyl (C=O) groups is 1. The summed E-state index contributed by atoms with van der Waals surface area (Å²) in [6, 6.07) is 13.6. The third-order valence-corrected chi connectivity index (χ3v) is 5.41. The highest BCUT2D eigenvalue weighted by molar-refractivity contribution is 8.03. The summed E-state index contributed by atoms with van der Waals surface area (Å²) in [6.45, 7) is 2.07. The van der Waals surface area contributed by atoms with Gasteiger partial charge in [-0.15, -0.1) is 23.5 Å². The van der Waals surface area contributed by atoms with Crippen LogP contribution in [0.15, 0.2) is 52.3 Å². The first-order valence-corrected chi connectivity index (χ1v) is 8.76. The van der Waals surface area contributed by atoms with E-state index in [1.54, 1.807) is 35.7 Å². The Morgan fingerprint density at radius 2 is 1.62 bits per heavy atom. The van der Waals surface area contributed by atoms with Gasteiger partial charge in [0.05, 0.1) is 10.6 Å². The zero-order valence-corrected chi connectivity index (χ0v) is 13.9. The number of carboxylic acid groups (broad SMARTS) is 1. The van der Waals surface area contributed by atoms with Crippen molar-refractivity contribution in [1.29, 1.82) is 0 Å². The third-order valence-electron chi connectivity index (χ3n) is 2.81. The summed E-state index contributed by atoms with van der Waals surface area (Å²) in [4.78, 5) is 13.2. The second-order valence-electron chi connectivity index (χ2n) is 4.46. The van der Waals surface area contributed by atoms with Crippen LogP contribution in [0.1, 0.15) is 15.9 Å². The first-order chi connectivity index (χ1) is 10.1. The highest BCUT2D eigenvalue weighted by Crippen LogP contribution is 2.26. The van der Waals surface area contributed by atoms with Gasteiger partial charge in [0, 0.05) is 21.3 Å². The molecule has 0 aliphatic rings. The fourth-order valence-corrected chi connectivity index (χ4v) is 3.74. The summed E-state index contributed by atoms with van der Waals surface area (Å²) < 4.78 is 0. The van der Waals surface area contributed by atoms with Crippen molar-refractivity contribution in [2.24, 2.45) is 0 Å². The van der Waals surface area contributed by atoms with Crippen molar-refractivity contribution in [3.63, 3.8) is 0 Å². The zero-order chi connectivity index (χ0) is 15.2. The van der Waals surface area contributed by atoms with Gasteiger partial charge >= 0.3 is 5.97 Å². The lowest BCUT2D eigenvalue weighted by Gasteiger charge is -2.05. The fraction of sp³-hybridized carbons (Fsp3) is 0.188. The monoisotopic (exact) mass is 338 g/mol. The van der Waals surface area contributed by atoms with E-state index in [-0.39, 0.29) is 10.6 Å². The van der Waals surface area contributed by atoms with Gasteiger partial charge in [-0.25, -0.2) is 4.79 Å². The van der Waals surface area contributed by atoms with E-state index < -0.39 is 5.97 Å². The summed E-state index contributed by atoms with van der Waals surface area (Å²) >= 11 is 9.29. The molecule has 5 heteroatoms. The molecule has 0 spiro atoms. The molecule has 1 N–H and O–H groups in total. The number of rotatable bonds is 6. The Bertz CT molecular complexity index is 627. The van der Waals surface area contributed by atoms with Gasteiger partial charge in [0.25, 0.3) is 0 Å². The smallest absolute Gasteiger partial charge is 0.337 e. The number of thioether (sulfide) groups is 2. The second-order valence-corrected chi connectivity index (χ2v) is 7.20. The molecular formula is C16H15ClO2S2. The standard InChI is InChI=1S/C16H15ClO2S2/c1-11-2-4-12(5-3-11)20-8-9-21-13-6-7-15(17)14(10-13)16(18)19/h2-7,10H,8-9H2,1H3,(H,18,19). The fourth-order valence-electron chi connectivity index (χ4n) is 1.71. The maximum Gasteiger partial charge on any atom is 0.337 e. The highest BCUT2D eigenvalue weighted by atomic mass is 35.5. The van der Waals surface area contributed by atoms with Crippen LogP contribution in [0.25, 0.3) is 0 Å². The van der Waals surface area contributed by atoms with E-state index in [1.165, 1.54) is 10.5 Å². The molecule has 0 saturated carbocycles. The largest absolute Gasteiger partial charge is 0.478 e. The van der Waals surface area contributed by atoms with Crippen molar-refractivity contribution in [1.82, 2.24) is 0 Å². The van der Waals surface area contributed by atoms with Crippen LogP contribution < -0.4 is 0 Å². The number of hydrogen-bond acceptors (Lipinski definition) is 3. The number of aryl methyl sites for hydroxylation is 1. The number of hydrogen-bond donors (Lipinski definition) is 1. The van der Waals surface area contributed by atoms with Crippen molar-refractivity contribution in [2.45, 2.75) is 16.7 Å². The predicted octanol–water partition coefficient (Wildman–Crippen LogP) is 5.23. The first kappa shape index (κ1) is 16.3. The third kappa shape index (κ3) is 4.99. The van der Waals surface area contributed by atoms with Gasteiger partial charge in [-0.3, -0.25) is 0 Å². The molecule has 2 rings (SSSR count). The average Bonchev–Trinajstić information content (AvgIpc) is 2.46. The van der Waals surface area contributed by atoms with Crippen molar-refractivity contribution in [3.05, 3.63) is 58.6 Å². The summed E-state index contributed by atoms with van der Waals surface area (Å²) in [5.41, 5.74) is 1.42. The van der Waals surface area contributed by atoms with E-state index in [0.29, 0.717) is 0 Å². The van der Waals surface area contributed by atoms with E-state index in [9.17, 15) is 4.79 Å². The maximum atomic E-state index is 11.0. The molecule has 110 valence electrons. The Kier molecular flexibility index (Phi) is 6.03. The topological polar surface area (TPSA) is 37.3 Å². The van der Waals surface area contributed by atoms with Crippen molar-refractivity contribution >= 4 is 41.1 Å². The number of aromatic carboxylic acids is 1. The molecule has 21 heavy (non-hydrogen) atoms. The van der Waals surface area contributed by atoms with E-state index in [4.69, 9.17) is 16.7 Å². The Labute approximate surface area is 137 Å². The highest BCUT2D eigenvalue weighted by Gasteiger charge is 2.09. The van der Waals surface area contributed by atoms with E-state index in [1.807, 2.05) is 6.07 Å². The molecule has 0 unspecified atom stereocenters. The predicted molar refractivity (Wildman–Crippen MR) is 91.0 cm³/mol. The van der Waals surface area contributed by atoms with Crippen LogP contribution >= 0.6 is 35.1 Å². The molecule has 2 nitrogen and oxygen atoms in total. The summed E-state index contributed by atoms with van der Waals surface area (Å²) in [6.07, 6.45) is 0. The molecule has 0 atom stereocenters. The molecule has 0 heterocycles. The minimum atomic E-state index is -0.989. The van der Waals surface area contributed by atoms with E-state index in [2.05, 4.69) is 31.2 Å². The first-order valence-electron chi connectivity index (χ1n) is 6.41. The molecule has 2 aromatic rings. The number of carboxylic acids is 1. The number of halogens is 1. The molecule has 0 fully saturated rings. The van der Waals surface area contributed by atoms with Crippen LogP contribution in [0, 0.1) is 6.92 Å². The van der Waals surface area contributed by atoms with Gasteiger partial charge in [-0.05, 0) is 37.3 Å². The Hall–Kier alpha value is -1.10. The molecule has 0 amide bonds. The summed E-state index contributed by atoms with van der Waals surface area (Å²) in [5.74, 6) is 0.898. The second kappa shape index (κ2) is 7.78. The summed E-state index contributed by atoms with van der Waals surface area (Å²) in [5, 5.41) is 9.31. The van der Waals surface area contributed by atoms with Crippen LogP contribution in [-0.2, 0) is 0 Å². The van der Waals surface area contributed by atoms with Crippen LogP contribution in [0.5, 0.6) is 0 Å². The zero-order valence-electron chi connectivity index (χ0n) is 11.5. The van der Waals surface area contributed by atoms with Crippen molar-refractivity contribution in [2.75, 3.05) is 11.5 Å². The van der Waals surface area contributed by atoms with Crippen molar-refractivity contribution < 1.29 is 9.90 Å². The minimum absolute atomic E-state index is 0.160. The van der Waals surface area contributed by atoms with E-state index in [0.717, 1.165) is 16.4 Å². The lowest BCUT2D eigenvalue weighted by molar-refractivity contribution is 0.0697. The van der Waals surface area contributed by atoms with Crippen LogP contribution in [0.4, 0.5) is 0 Å². The summed E-state index contributed by atoms with van der Waals surface area (Å²) in [7, 11) is 0. The Morgan fingerprint density at radius 1 is 1.05 bits per heavy atom. The molecule has 2 aromatic carbocycles. The van der Waals surface area contributed by atoms with Crippen LogP contribution in [-0.4, -0.2) is 22.6 Å². The van der Waals surface area contributed by atoms with Gasteiger partial charge in [0.2, 0.25) is 0 Å². The van der Waals surface area contributed by atoms with E-state index >= 15 is 0 Å². The molecule has 0 aliphatic carbocycles. The molecular weight excluding hydrogens is 324 g/mol. The Morgan fingerprint density at radius 3 is 2.24 bits per heavy atom. The Balaban J connectivity index is 1.85. The maximum absolute atomic E-state index is 11.0. The van der Waals surface area contributed by atoms with Gasteiger partial charge in [-0.1, -0.05) is 29.3 Å². The molecule has 0 aromatic heterocycles. The molecule has 0 saturated heterocycles. The number of benzene rings is 2. The normalized spacial score (nSPS) is 10.6. The lowest BCUT2D eigenvalue weighted by Crippen LogP contribution is -1.97. The van der Waals surface area contributed by atoms with Crippen LogP contribution in [0.2, 0.25) is 5.02 Å². The van der Waals surface area contributed by atoms with Gasteiger partial charge in [0.1, 0.15) is 0 Å². The molecule has 0 radical (unpaired) electrons. The van der Waals surface area contributed by atoms with Crippen molar-refractivity contribution in [3.8, 4) is 0 Å². The molecule has 0 aliphatic heterocycles. The average molecular weight is 339 g/mol. The van der Waals surface area contributed by atoms with Gasteiger partial charge < -0.3 is 5.11 Å². The minimum Gasteiger partial charge on any atom is -0.478 e. The van der Waals surface area contributed by atoms with Gasteiger partial charge in [-0.2, -0.15) is 0 Å². The quantitative estimate of drug-likeness (QED) is 0.578. The SMILES string of the molecule is Cc1ccc(SCCSc2ccc(Cl)c(C(=O)O)c2)cc1. The van der Waals surface area contributed by atoms with Crippen LogP contribution in [0.3, 0.4) is 0 Å². The molecule has 0 bridgehead atoms.